The molecule has 0 bridgehead atoms. The monoisotopic (exact) mass is 342 g/mol. The molecule has 0 radical (unpaired) electrons. The van der Waals surface area contributed by atoms with Crippen LogP contribution in [-0.2, 0) is 27.2 Å². The van der Waals surface area contributed by atoms with Crippen LogP contribution >= 0.6 is 0 Å². The van der Waals surface area contributed by atoms with Gasteiger partial charge in [-0.05, 0) is 24.0 Å². The van der Waals surface area contributed by atoms with Crippen LogP contribution in [0.25, 0.3) is 0 Å². The second kappa shape index (κ2) is 5.54. The summed E-state index contributed by atoms with van der Waals surface area (Å²) in [4.78, 5) is 29.2. The van der Waals surface area contributed by atoms with Crippen LogP contribution in [0.4, 0.5) is 4.79 Å². The molecule has 4 aliphatic rings. The van der Waals surface area contributed by atoms with Gasteiger partial charge in [-0.25, -0.2) is 4.79 Å². The van der Waals surface area contributed by atoms with E-state index in [-0.39, 0.29) is 24.0 Å². The van der Waals surface area contributed by atoms with Crippen molar-refractivity contribution in [1.82, 2.24) is 9.80 Å². The Morgan fingerprint density at radius 3 is 2.40 bits per heavy atom. The Kier molecular flexibility index (Phi) is 3.40. The van der Waals surface area contributed by atoms with Gasteiger partial charge in [0.1, 0.15) is 6.04 Å². The smallest absolute Gasteiger partial charge is 0.328 e. The first-order chi connectivity index (χ1) is 12.2. The molecule has 1 aromatic rings. The Morgan fingerprint density at radius 2 is 1.68 bits per heavy atom. The van der Waals surface area contributed by atoms with Crippen LogP contribution < -0.4 is 0 Å². The van der Waals surface area contributed by atoms with Gasteiger partial charge in [-0.2, -0.15) is 0 Å². The van der Waals surface area contributed by atoms with E-state index < -0.39 is 5.79 Å². The quantitative estimate of drug-likeness (QED) is 0.733. The zero-order chi connectivity index (χ0) is 17.0. The van der Waals surface area contributed by atoms with Crippen LogP contribution in [0.5, 0.6) is 0 Å². The second-order valence-electron chi connectivity index (χ2n) is 7.45. The summed E-state index contributed by atoms with van der Waals surface area (Å²) in [7, 11) is 0. The van der Waals surface area contributed by atoms with E-state index in [0.29, 0.717) is 26.2 Å². The lowest BCUT2D eigenvalue weighted by Gasteiger charge is -2.38. The number of hydrogen-bond acceptors (Lipinski definition) is 4. The maximum atomic E-state index is 13.0. The second-order valence-corrected chi connectivity index (χ2v) is 7.45. The molecule has 6 heteroatoms. The molecule has 1 aromatic carbocycles. The fourth-order valence-corrected chi connectivity index (χ4v) is 4.76. The molecule has 132 valence electrons. The van der Waals surface area contributed by atoms with Crippen LogP contribution in [0.3, 0.4) is 0 Å². The van der Waals surface area contributed by atoms with Gasteiger partial charge in [0.25, 0.3) is 5.91 Å². The Morgan fingerprint density at radius 1 is 1.00 bits per heavy atom. The Hall–Kier alpha value is -1.92. The van der Waals surface area contributed by atoms with Crippen LogP contribution in [0.2, 0.25) is 0 Å². The van der Waals surface area contributed by atoms with Crippen molar-refractivity contribution in [3.8, 4) is 0 Å². The third-order valence-electron chi connectivity index (χ3n) is 6.12. The molecule has 25 heavy (non-hydrogen) atoms. The summed E-state index contributed by atoms with van der Waals surface area (Å²) in [5.41, 5.74) is 2.33. The van der Waals surface area contributed by atoms with E-state index in [1.807, 2.05) is 18.2 Å². The average Bonchev–Trinajstić information content (AvgIpc) is 3.19. The van der Waals surface area contributed by atoms with Gasteiger partial charge in [0, 0.05) is 31.8 Å². The van der Waals surface area contributed by atoms with Crippen molar-refractivity contribution >= 4 is 11.9 Å². The summed E-state index contributed by atoms with van der Waals surface area (Å²) in [6, 6.07) is 7.59. The van der Waals surface area contributed by atoms with E-state index in [1.54, 1.807) is 4.90 Å². The number of amides is 3. The number of benzene rings is 1. The maximum absolute atomic E-state index is 13.0. The van der Waals surface area contributed by atoms with E-state index in [2.05, 4.69) is 6.07 Å². The summed E-state index contributed by atoms with van der Waals surface area (Å²) in [5, 5.41) is 0. The molecule has 1 spiro atoms. The molecule has 6 nitrogen and oxygen atoms in total. The van der Waals surface area contributed by atoms with Crippen molar-refractivity contribution in [2.24, 2.45) is 0 Å². The molecule has 3 heterocycles. The largest absolute Gasteiger partial charge is 0.348 e. The molecule has 1 aliphatic carbocycles. The number of carbonyl (C=O) groups is 2. The van der Waals surface area contributed by atoms with Gasteiger partial charge < -0.3 is 14.4 Å². The number of rotatable bonds is 1. The van der Waals surface area contributed by atoms with Gasteiger partial charge >= 0.3 is 6.03 Å². The zero-order valence-corrected chi connectivity index (χ0v) is 14.1. The van der Waals surface area contributed by atoms with Crippen molar-refractivity contribution in [1.29, 1.82) is 0 Å². The van der Waals surface area contributed by atoms with Gasteiger partial charge in [0.05, 0.1) is 13.2 Å². The summed E-state index contributed by atoms with van der Waals surface area (Å²) >= 11 is 0. The highest BCUT2D eigenvalue weighted by Gasteiger charge is 2.51. The lowest BCUT2D eigenvalue weighted by Crippen LogP contribution is -2.47. The normalized spacial score (nSPS) is 28.6. The molecular formula is C19H22N2O4. The van der Waals surface area contributed by atoms with Gasteiger partial charge in [-0.1, -0.05) is 24.3 Å². The molecule has 1 atom stereocenters. The predicted molar refractivity (Wildman–Crippen MR) is 88.6 cm³/mol. The zero-order valence-electron chi connectivity index (χ0n) is 14.1. The highest BCUT2D eigenvalue weighted by atomic mass is 16.7. The Bertz CT molecular complexity index is 675. The number of ether oxygens (including phenoxy) is 2. The van der Waals surface area contributed by atoms with E-state index in [4.69, 9.17) is 9.47 Å². The van der Waals surface area contributed by atoms with E-state index in [9.17, 15) is 9.59 Å². The van der Waals surface area contributed by atoms with E-state index in [0.717, 1.165) is 31.2 Å². The Balaban J connectivity index is 1.35. The number of fused-ring (bicyclic) bond motifs is 2. The van der Waals surface area contributed by atoms with Crippen LogP contribution in [0.1, 0.15) is 36.8 Å². The Labute approximate surface area is 146 Å². The summed E-state index contributed by atoms with van der Waals surface area (Å²) in [6.07, 6.45) is 3.63. The van der Waals surface area contributed by atoms with Gasteiger partial charge in [-0.15, -0.1) is 0 Å². The van der Waals surface area contributed by atoms with Crippen LogP contribution in [0, 0.1) is 0 Å². The lowest BCUT2D eigenvalue weighted by molar-refractivity contribution is -0.183. The average molecular weight is 342 g/mol. The van der Waals surface area contributed by atoms with Crippen LogP contribution in [-0.4, -0.2) is 52.8 Å². The number of urea groups is 1. The van der Waals surface area contributed by atoms with Crippen molar-refractivity contribution in [2.75, 3.05) is 13.2 Å². The van der Waals surface area contributed by atoms with Gasteiger partial charge in [0.15, 0.2) is 5.79 Å². The number of imide groups is 1. The van der Waals surface area contributed by atoms with Crippen LogP contribution in [0.15, 0.2) is 24.3 Å². The standard InChI is InChI=1S/C19H22N2O4/c22-17-16-11-13-3-1-2-4-14(13)12-20(16)18(23)21(17)15-5-7-19(8-6-15)24-9-10-25-19/h1-4,15-16H,5-12H2. The SMILES string of the molecule is O=C1C2Cc3ccccc3CN2C(=O)N1C1CCC2(CC1)OCCO2. The summed E-state index contributed by atoms with van der Waals surface area (Å²) < 4.78 is 11.5. The first kappa shape index (κ1) is 15.3. The van der Waals surface area contributed by atoms with Crippen molar-refractivity contribution < 1.29 is 19.1 Å². The highest BCUT2D eigenvalue weighted by molar-refractivity contribution is 6.05. The molecule has 0 N–H and O–H groups in total. The van der Waals surface area contributed by atoms with Gasteiger partial charge in [0.2, 0.25) is 0 Å². The minimum absolute atomic E-state index is 0.0336. The van der Waals surface area contributed by atoms with Crippen molar-refractivity contribution in [2.45, 2.75) is 56.5 Å². The highest BCUT2D eigenvalue weighted by Crippen LogP contribution is 2.40. The molecule has 2 saturated heterocycles. The molecule has 3 amide bonds. The van der Waals surface area contributed by atoms with E-state index in [1.165, 1.54) is 10.5 Å². The fourth-order valence-electron chi connectivity index (χ4n) is 4.76. The van der Waals surface area contributed by atoms with Gasteiger partial charge in [-0.3, -0.25) is 9.69 Å². The maximum Gasteiger partial charge on any atom is 0.328 e. The lowest BCUT2D eigenvalue weighted by atomic mass is 9.89. The molecule has 5 rings (SSSR count). The van der Waals surface area contributed by atoms with E-state index >= 15 is 0 Å². The third-order valence-corrected chi connectivity index (χ3v) is 6.12. The van der Waals surface area contributed by atoms with Crippen molar-refractivity contribution in [3.05, 3.63) is 35.4 Å². The minimum atomic E-state index is -0.467. The molecule has 3 aliphatic heterocycles. The minimum Gasteiger partial charge on any atom is -0.348 e. The first-order valence-corrected chi connectivity index (χ1v) is 9.15. The van der Waals surface area contributed by atoms with Crippen molar-refractivity contribution in [3.63, 3.8) is 0 Å². The third kappa shape index (κ3) is 2.31. The predicted octanol–water partition coefficient (Wildman–Crippen LogP) is 2.06. The number of hydrogen-bond donors (Lipinski definition) is 0. The molecule has 3 fully saturated rings. The molecule has 1 saturated carbocycles. The topological polar surface area (TPSA) is 59.1 Å². The summed E-state index contributed by atoms with van der Waals surface area (Å²) in [6.45, 7) is 1.81. The molecule has 0 aromatic heterocycles. The molecule has 1 unspecified atom stereocenters. The number of nitrogens with zero attached hydrogens (tertiary/aromatic N) is 2. The summed E-state index contributed by atoms with van der Waals surface area (Å²) in [5.74, 6) is -0.500. The molecular weight excluding hydrogens is 320 g/mol. The fraction of sp³-hybridized carbons (Fsp3) is 0.579. The first-order valence-electron chi connectivity index (χ1n) is 9.15. The number of carbonyl (C=O) groups excluding carboxylic acids is 2.